The van der Waals surface area contributed by atoms with E-state index in [1.54, 1.807) is 26.4 Å². The molecule has 122 valence electrons. The maximum atomic E-state index is 11.8. The van der Waals surface area contributed by atoms with Crippen LogP contribution >= 0.6 is 0 Å². The summed E-state index contributed by atoms with van der Waals surface area (Å²) in [6.45, 7) is 5.57. The predicted octanol–water partition coefficient (Wildman–Crippen LogP) is 1.58. The number of nitrogens with one attached hydrogen (secondary N) is 1. The topological polar surface area (TPSA) is 67.9 Å². The molecule has 0 unspecified atom stereocenters. The molecule has 22 heavy (non-hydrogen) atoms. The van der Waals surface area contributed by atoms with Crippen LogP contribution in [0, 0.1) is 0 Å². The van der Waals surface area contributed by atoms with Crippen molar-refractivity contribution in [2.45, 2.75) is 33.4 Å². The second-order valence-electron chi connectivity index (χ2n) is 5.29. The smallest absolute Gasteiger partial charge is 0.239 e. The largest absolute Gasteiger partial charge is 0.493 e. The lowest BCUT2D eigenvalue weighted by atomic mass is 10.2. The number of hydrogen-bond acceptors (Lipinski definition) is 4. The van der Waals surface area contributed by atoms with Gasteiger partial charge in [-0.15, -0.1) is 0 Å². The first-order valence-electron chi connectivity index (χ1n) is 7.13. The molecule has 1 aromatic rings. The van der Waals surface area contributed by atoms with Gasteiger partial charge in [-0.1, -0.05) is 6.07 Å². The van der Waals surface area contributed by atoms with Crippen LogP contribution in [0.15, 0.2) is 18.2 Å². The molecule has 6 nitrogen and oxygen atoms in total. The van der Waals surface area contributed by atoms with Crippen molar-refractivity contribution < 1.29 is 19.1 Å². The minimum atomic E-state index is -0.175. The molecule has 0 fully saturated rings. The lowest BCUT2D eigenvalue weighted by molar-refractivity contribution is -0.135. The maximum Gasteiger partial charge on any atom is 0.239 e. The molecule has 0 aliphatic carbocycles. The Labute approximate surface area is 131 Å². The van der Waals surface area contributed by atoms with Gasteiger partial charge in [0.2, 0.25) is 11.8 Å². The summed E-state index contributed by atoms with van der Waals surface area (Å²) in [4.78, 5) is 25.1. The van der Waals surface area contributed by atoms with Crippen LogP contribution in [-0.4, -0.2) is 43.5 Å². The van der Waals surface area contributed by atoms with Crippen molar-refractivity contribution in [3.8, 4) is 11.5 Å². The van der Waals surface area contributed by atoms with E-state index in [0.29, 0.717) is 18.0 Å². The molecule has 0 atom stereocenters. The van der Waals surface area contributed by atoms with Crippen molar-refractivity contribution >= 4 is 11.8 Å². The number of hydrogen-bond donors (Lipinski definition) is 1. The minimum Gasteiger partial charge on any atom is -0.493 e. The number of carbonyl (C=O) groups excluding carboxylic acids is 2. The Bertz CT molecular complexity index is 529. The Balaban J connectivity index is 2.83. The number of amides is 2. The van der Waals surface area contributed by atoms with E-state index in [0.717, 1.165) is 5.56 Å². The van der Waals surface area contributed by atoms with Crippen LogP contribution in [0.2, 0.25) is 0 Å². The predicted molar refractivity (Wildman–Crippen MR) is 83.9 cm³/mol. The van der Waals surface area contributed by atoms with Crippen molar-refractivity contribution in [2.24, 2.45) is 0 Å². The molecule has 0 aromatic heterocycles. The van der Waals surface area contributed by atoms with Crippen molar-refractivity contribution in [1.82, 2.24) is 10.2 Å². The summed E-state index contributed by atoms with van der Waals surface area (Å²) in [6, 6.07) is 5.47. The molecule has 0 saturated carbocycles. The molecule has 0 aliphatic rings. The number of benzene rings is 1. The molecular weight excluding hydrogens is 284 g/mol. The van der Waals surface area contributed by atoms with Crippen LogP contribution in [0.4, 0.5) is 0 Å². The number of nitrogens with zero attached hydrogens (tertiary/aromatic N) is 1. The SMILES string of the molecule is COc1ccc(CN(CC(=O)NC(C)C)C(C)=O)cc1OC. The van der Waals surface area contributed by atoms with Gasteiger partial charge < -0.3 is 19.7 Å². The molecule has 1 aromatic carbocycles. The molecule has 0 aliphatic heterocycles. The van der Waals surface area contributed by atoms with Crippen LogP contribution in [0.1, 0.15) is 26.3 Å². The maximum absolute atomic E-state index is 11.8. The summed E-state index contributed by atoms with van der Waals surface area (Å²) in [6.07, 6.45) is 0. The minimum absolute atomic E-state index is 0.0296. The summed E-state index contributed by atoms with van der Waals surface area (Å²) in [5.74, 6) is 0.882. The van der Waals surface area contributed by atoms with Gasteiger partial charge in [-0.3, -0.25) is 9.59 Å². The van der Waals surface area contributed by atoms with Crippen molar-refractivity contribution in [1.29, 1.82) is 0 Å². The molecule has 0 saturated heterocycles. The number of rotatable bonds is 7. The number of carbonyl (C=O) groups is 2. The first-order valence-corrected chi connectivity index (χ1v) is 7.13. The van der Waals surface area contributed by atoms with Crippen molar-refractivity contribution in [3.63, 3.8) is 0 Å². The van der Waals surface area contributed by atoms with Gasteiger partial charge in [0.25, 0.3) is 0 Å². The van der Waals surface area contributed by atoms with E-state index < -0.39 is 0 Å². The standard InChI is InChI=1S/C16H24N2O4/c1-11(2)17-16(20)10-18(12(3)19)9-13-6-7-14(21-4)15(8-13)22-5/h6-8,11H,9-10H2,1-5H3,(H,17,20). The van der Waals surface area contributed by atoms with Gasteiger partial charge in [0.15, 0.2) is 11.5 Å². The van der Waals surface area contributed by atoms with E-state index in [2.05, 4.69) is 5.32 Å². The Morgan fingerprint density at radius 2 is 1.82 bits per heavy atom. The first-order chi connectivity index (χ1) is 10.4. The average molecular weight is 308 g/mol. The molecule has 0 heterocycles. The molecule has 6 heteroatoms. The highest BCUT2D eigenvalue weighted by molar-refractivity contribution is 5.83. The summed E-state index contributed by atoms with van der Waals surface area (Å²) in [5, 5.41) is 2.78. The van der Waals surface area contributed by atoms with Crippen LogP contribution in [0.25, 0.3) is 0 Å². The number of ether oxygens (including phenoxy) is 2. The normalized spacial score (nSPS) is 10.3. The number of methoxy groups -OCH3 is 2. The van der Waals surface area contributed by atoms with E-state index >= 15 is 0 Å². The molecule has 1 rings (SSSR count). The van der Waals surface area contributed by atoms with E-state index in [-0.39, 0.29) is 24.4 Å². The fraction of sp³-hybridized carbons (Fsp3) is 0.500. The van der Waals surface area contributed by atoms with Gasteiger partial charge in [0.05, 0.1) is 20.8 Å². The van der Waals surface area contributed by atoms with Crippen LogP contribution in [0.5, 0.6) is 11.5 Å². The highest BCUT2D eigenvalue weighted by atomic mass is 16.5. The molecular formula is C16H24N2O4. The molecule has 1 N–H and O–H groups in total. The van der Waals surface area contributed by atoms with Crippen LogP contribution in [-0.2, 0) is 16.1 Å². The zero-order valence-corrected chi connectivity index (χ0v) is 13.8. The Morgan fingerprint density at radius 1 is 1.18 bits per heavy atom. The third-order valence-electron chi connectivity index (χ3n) is 3.05. The molecule has 2 amide bonds. The van der Waals surface area contributed by atoms with Crippen LogP contribution < -0.4 is 14.8 Å². The molecule has 0 spiro atoms. The monoisotopic (exact) mass is 308 g/mol. The fourth-order valence-corrected chi connectivity index (χ4v) is 2.02. The van der Waals surface area contributed by atoms with Gasteiger partial charge in [-0.2, -0.15) is 0 Å². The van der Waals surface area contributed by atoms with Crippen molar-refractivity contribution in [2.75, 3.05) is 20.8 Å². The van der Waals surface area contributed by atoms with E-state index in [9.17, 15) is 9.59 Å². The summed E-state index contributed by atoms with van der Waals surface area (Å²) >= 11 is 0. The Kier molecular flexibility index (Phi) is 6.69. The van der Waals surface area contributed by atoms with Gasteiger partial charge in [-0.25, -0.2) is 0 Å². The molecule has 0 radical (unpaired) electrons. The van der Waals surface area contributed by atoms with Gasteiger partial charge >= 0.3 is 0 Å². The third-order valence-corrected chi connectivity index (χ3v) is 3.05. The Morgan fingerprint density at radius 3 is 2.32 bits per heavy atom. The zero-order chi connectivity index (χ0) is 16.7. The van der Waals surface area contributed by atoms with Gasteiger partial charge in [-0.05, 0) is 31.5 Å². The van der Waals surface area contributed by atoms with Gasteiger partial charge in [0, 0.05) is 19.5 Å². The Hall–Kier alpha value is -2.24. The zero-order valence-electron chi connectivity index (χ0n) is 13.8. The quantitative estimate of drug-likeness (QED) is 0.830. The lowest BCUT2D eigenvalue weighted by Crippen LogP contribution is -2.41. The third kappa shape index (κ3) is 5.27. The van der Waals surface area contributed by atoms with E-state index in [1.165, 1.54) is 11.8 Å². The first kappa shape index (κ1) is 17.8. The summed E-state index contributed by atoms with van der Waals surface area (Å²) in [7, 11) is 3.12. The second-order valence-corrected chi connectivity index (χ2v) is 5.29. The second kappa shape index (κ2) is 8.26. The lowest BCUT2D eigenvalue weighted by Gasteiger charge is -2.22. The van der Waals surface area contributed by atoms with E-state index in [4.69, 9.17) is 9.47 Å². The summed E-state index contributed by atoms with van der Waals surface area (Å²) in [5.41, 5.74) is 0.866. The summed E-state index contributed by atoms with van der Waals surface area (Å²) < 4.78 is 10.4. The van der Waals surface area contributed by atoms with E-state index in [1.807, 2.05) is 19.9 Å². The molecule has 0 bridgehead atoms. The van der Waals surface area contributed by atoms with Crippen molar-refractivity contribution in [3.05, 3.63) is 23.8 Å². The fourth-order valence-electron chi connectivity index (χ4n) is 2.02. The van der Waals surface area contributed by atoms with Crippen LogP contribution in [0.3, 0.4) is 0 Å². The highest BCUT2D eigenvalue weighted by Crippen LogP contribution is 2.28. The highest BCUT2D eigenvalue weighted by Gasteiger charge is 2.15. The average Bonchev–Trinajstić information content (AvgIpc) is 2.45. The van der Waals surface area contributed by atoms with Gasteiger partial charge in [0.1, 0.15) is 0 Å².